The number of carbonyl (C=O) groups is 1. The van der Waals surface area contributed by atoms with E-state index < -0.39 is 0 Å². The van der Waals surface area contributed by atoms with Crippen molar-refractivity contribution in [1.82, 2.24) is 4.98 Å². The molecule has 0 aliphatic carbocycles. The Labute approximate surface area is 124 Å². The summed E-state index contributed by atoms with van der Waals surface area (Å²) in [6, 6.07) is 18.6. The van der Waals surface area contributed by atoms with Crippen LogP contribution in [0.15, 0.2) is 60.8 Å². The van der Waals surface area contributed by atoms with Crippen LogP contribution in [-0.4, -0.2) is 10.8 Å². The number of carbonyl (C=O) groups excluding carboxylic acids is 1. The SMILES string of the molecule is CC(=O)CCc1cccc(-c2cnc3ccccc3c2)c1. The summed E-state index contributed by atoms with van der Waals surface area (Å²) < 4.78 is 0. The molecule has 1 aromatic heterocycles. The third kappa shape index (κ3) is 3.16. The maximum atomic E-state index is 11.1. The fourth-order valence-electron chi connectivity index (χ4n) is 2.46. The van der Waals surface area contributed by atoms with Gasteiger partial charge in [0.2, 0.25) is 0 Å². The monoisotopic (exact) mass is 275 g/mol. The van der Waals surface area contributed by atoms with Crippen molar-refractivity contribution in [3.63, 3.8) is 0 Å². The highest BCUT2D eigenvalue weighted by Gasteiger charge is 2.03. The smallest absolute Gasteiger partial charge is 0.130 e. The Morgan fingerprint density at radius 1 is 1.00 bits per heavy atom. The van der Waals surface area contributed by atoms with E-state index in [0.717, 1.165) is 28.5 Å². The van der Waals surface area contributed by atoms with Crippen LogP contribution >= 0.6 is 0 Å². The largest absolute Gasteiger partial charge is 0.300 e. The van der Waals surface area contributed by atoms with Gasteiger partial charge in [0.15, 0.2) is 0 Å². The van der Waals surface area contributed by atoms with E-state index in [-0.39, 0.29) is 5.78 Å². The van der Waals surface area contributed by atoms with E-state index in [9.17, 15) is 4.79 Å². The highest BCUT2D eigenvalue weighted by Crippen LogP contribution is 2.23. The van der Waals surface area contributed by atoms with Crippen LogP contribution < -0.4 is 0 Å². The van der Waals surface area contributed by atoms with Gasteiger partial charge in [-0.15, -0.1) is 0 Å². The first-order valence-electron chi connectivity index (χ1n) is 7.16. The van der Waals surface area contributed by atoms with Gasteiger partial charge in [0.1, 0.15) is 5.78 Å². The third-order valence-electron chi connectivity index (χ3n) is 3.62. The summed E-state index contributed by atoms with van der Waals surface area (Å²) >= 11 is 0. The molecule has 21 heavy (non-hydrogen) atoms. The molecule has 0 atom stereocenters. The standard InChI is InChI=1S/C19H17NO/c1-14(21)9-10-15-5-4-7-16(11-15)18-12-17-6-2-3-8-19(17)20-13-18/h2-8,11-13H,9-10H2,1H3. The maximum absolute atomic E-state index is 11.1. The lowest BCUT2D eigenvalue weighted by Gasteiger charge is -2.06. The fourth-order valence-corrected chi connectivity index (χ4v) is 2.46. The van der Waals surface area contributed by atoms with E-state index >= 15 is 0 Å². The first kappa shape index (κ1) is 13.5. The normalized spacial score (nSPS) is 10.7. The molecule has 0 amide bonds. The van der Waals surface area contributed by atoms with Gasteiger partial charge in [-0.1, -0.05) is 42.5 Å². The predicted octanol–water partition coefficient (Wildman–Crippen LogP) is 4.42. The lowest BCUT2D eigenvalue weighted by molar-refractivity contribution is -0.116. The van der Waals surface area contributed by atoms with E-state index in [1.54, 1.807) is 6.92 Å². The van der Waals surface area contributed by atoms with Crippen molar-refractivity contribution in [3.8, 4) is 11.1 Å². The van der Waals surface area contributed by atoms with Crippen LogP contribution in [0.4, 0.5) is 0 Å². The number of hydrogen-bond acceptors (Lipinski definition) is 2. The molecule has 3 rings (SSSR count). The minimum atomic E-state index is 0.229. The molecular weight excluding hydrogens is 258 g/mol. The summed E-state index contributed by atoms with van der Waals surface area (Å²) in [4.78, 5) is 15.6. The molecule has 2 nitrogen and oxygen atoms in total. The lowest BCUT2D eigenvalue weighted by Crippen LogP contribution is -1.94. The molecule has 1 heterocycles. The number of benzene rings is 2. The molecule has 0 aliphatic rings. The zero-order chi connectivity index (χ0) is 14.7. The lowest BCUT2D eigenvalue weighted by atomic mass is 10.0. The molecule has 0 saturated heterocycles. The van der Waals surface area contributed by atoms with Crippen molar-refractivity contribution in [3.05, 3.63) is 66.4 Å². The number of para-hydroxylation sites is 1. The molecule has 0 N–H and O–H groups in total. The second-order valence-electron chi connectivity index (χ2n) is 5.32. The Hall–Kier alpha value is -2.48. The maximum Gasteiger partial charge on any atom is 0.130 e. The van der Waals surface area contributed by atoms with Gasteiger partial charge in [0.25, 0.3) is 0 Å². The Kier molecular flexibility index (Phi) is 3.78. The molecule has 104 valence electrons. The summed E-state index contributed by atoms with van der Waals surface area (Å²) in [5.41, 5.74) is 4.46. The van der Waals surface area contributed by atoms with Gasteiger partial charge < -0.3 is 4.79 Å². The summed E-state index contributed by atoms with van der Waals surface area (Å²) in [5.74, 6) is 0.229. The van der Waals surface area contributed by atoms with Gasteiger partial charge in [0, 0.05) is 23.6 Å². The van der Waals surface area contributed by atoms with Crippen molar-refractivity contribution < 1.29 is 4.79 Å². The first-order chi connectivity index (χ1) is 10.2. The van der Waals surface area contributed by atoms with Crippen LogP contribution in [0.5, 0.6) is 0 Å². The molecule has 2 heteroatoms. The predicted molar refractivity (Wildman–Crippen MR) is 86.2 cm³/mol. The minimum absolute atomic E-state index is 0.229. The van der Waals surface area contributed by atoms with Crippen LogP contribution in [0.25, 0.3) is 22.0 Å². The van der Waals surface area contributed by atoms with E-state index in [1.165, 1.54) is 5.56 Å². The van der Waals surface area contributed by atoms with E-state index in [2.05, 4.69) is 35.3 Å². The van der Waals surface area contributed by atoms with Crippen molar-refractivity contribution in [2.75, 3.05) is 0 Å². The van der Waals surface area contributed by atoms with Crippen LogP contribution in [0.2, 0.25) is 0 Å². The second-order valence-corrected chi connectivity index (χ2v) is 5.32. The second kappa shape index (κ2) is 5.88. The number of rotatable bonds is 4. The van der Waals surface area contributed by atoms with Gasteiger partial charge in [-0.25, -0.2) is 0 Å². The van der Waals surface area contributed by atoms with Gasteiger partial charge >= 0.3 is 0 Å². The molecule has 0 bridgehead atoms. The number of aromatic nitrogens is 1. The average molecular weight is 275 g/mol. The van der Waals surface area contributed by atoms with Crippen molar-refractivity contribution in [1.29, 1.82) is 0 Å². The summed E-state index contributed by atoms with van der Waals surface area (Å²) in [7, 11) is 0. The van der Waals surface area contributed by atoms with Crippen molar-refractivity contribution in [2.24, 2.45) is 0 Å². The van der Waals surface area contributed by atoms with Crippen LogP contribution in [0.3, 0.4) is 0 Å². The molecule has 0 saturated carbocycles. The Morgan fingerprint density at radius 3 is 2.71 bits per heavy atom. The molecule has 0 unspecified atom stereocenters. The highest BCUT2D eigenvalue weighted by molar-refractivity contribution is 5.83. The van der Waals surface area contributed by atoms with Gasteiger partial charge in [0.05, 0.1) is 5.52 Å². The van der Waals surface area contributed by atoms with E-state index in [4.69, 9.17) is 0 Å². The minimum Gasteiger partial charge on any atom is -0.300 e. The average Bonchev–Trinajstić information content (AvgIpc) is 2.53. The quantitative estimate of drug-likeness (QED) is 0.705. The summed E-state index contributed by atoms with van der Waals surface area (Å²) in [5, 5.41) is 1.14. The van der Waals surface area contributed by atoms with Crippen molar-refractivity contribution in [2.45, 2.75) is 19.8 Å². The van der Waals surface area contributed by atoms with Crippen molar-refractivity contribution >= 4 is 16.7 Å². The third-order valence-corrected chi connectivity index (χ3v) is 3.62. The number of fused-ring (bicyclic) bond motifs is 1. The number of hydrogen-bond donors (Lipinski definition) is 0. The molecule has 3 aromatic rings. The highest BCUT2D eigenvalue weighted by atomic mass is 16.1. The van der Waals surface area contributed by atoms with Gasteiger partial charge in [-0.3, -0.25) is 4.98 Å². The molecule has 0 fully saturated rings. The topological polar surface area (TPSA) is 30.0 Å². The van der Waals surface area contributed by atoms with Gasteiger partial charge in [-0.05, 0) is 36.6 Å². The first-order valence-corrected chi connectivity index (χ1v) is 7.16. The van der Waals surface area contributed by atoms with Gasteiger partial charge in [-0.2, -0.15) is 0 Å². The molecule has 0 aliphatic heterocycles. The van der Waals surface area contributed by atoms with Crippen LogP contribution in [-0.2, 0) is 11.2 Å². The Bertz CT molecular complexity index is 792. The number of nitrogens with zero attached hydrogens (tertiary/aromatic N) is 1. The molecular formula is C19H17NO. The summed E-state index contributed by atoms with van der Waals surface area (Å²) in [6.07, 6.45) is 3.30. The van der Waals surface area contributed by atoms with E-state index in [1.807, 2.05) is 30.5 Å². The van der Waals surface area contributed by atoms with E-state index in [0.29, 0.717) is 6.42 Å². The number of aryl methyl sites for hydroxylation is 1. The summed E-state index contributed by atoms with van der Waals surface area (Å²) in [6.45, 7) is 1.64. The van der Waals surface area contributed by atoms with Crippen LogP contribution in [0.1, 0.15) is 18.9 Å². The fraction of sp³-hybridized carbons (Fsp3) is 0.158. The number of ketones is 1. The number of Topliss-reactive ketones (excluding diaryl/α,β-unsaturated/α-hetero) is 1. The molecule has 0 spiro atoms. The zero-order valence-electron chi connectivity index (χ0n) is 12.0. The Balaban J connectivity index is 1.94. The van der Waals surface area contributed by atoms with Crippen LogP contribution in [0, 0.1) is 0 Å². The number of pyridine rings is 1. The Morgan fingerprint density at radius 2 is 1.86 bits per heavy atom. The zero-order valence-corrected chi connectivity index (χ0v) is 12.0. The molecule has 2 aromatic carbocycles. The molecule has 0 radical (unpaired) electrons.